The van der Waals surface area contributed by atoms with E-state index in [2.05, 4.69) is 15.5 Å². The van der Waals surface area contributed by atoms with Crippen LogP contribution in [0.2, 0.25) is 0 Å². The lowest BCUT2D eigenvalue weighted by atomic mass is 10.2. The molecule has 0 aliphatic heterocycles. The summed E-state index contributed by atoms with van der Waals surface area (Å²) in [6, 6.07) is 6.32. The van der Waals surface area contributed by atoms with Crippen molar-refractivity contribution in [3.05, 3.63) is 23.8 Å². The zero-order chi connectivity index (χ0) is 13.2. The third kappa shape index (κ3) is 2.65. The van der Waals surface area contributed by atoms with Gasteiger partial charge in [0.15, 0.2) is 0 Å². The Labute approximate surface area is 115 Å². The van der Waals surface area contributed by atoms with Crippen LogP contribution in [0.1, 0.15) is 24.4 Å². The summed E-state index contributed by atoms with van der Waals surface area (Å²) in [6.07, 6.45) is 2.35. The molecule has 6 nitrogen and oxygen atoms in total. The summed E-state index contributed by atoms with van der Waals surface area (Å²) < 4.78 is 7.06. The van der Waals surface area contributed by atoms with E-state index in [1.165, 1.54) is 12.8 Å². The topological polar surface area (TPSA) is 78.9 Å². The number of nitrogen functional groups attached to an aromatic ring is 1. The quantitative estimate of drug-likeness (QED) is 0.664. The molecule has 1 saturated carbocycles. The van der Waals surface area contributed by atoms with Gasteiger partial charge in [-0.25, -0.2) is 4.68 Å². The number of rotatable bonds is 5. The second-order valence-electron chi connectivity index (χ2n) is 4.50. The van der Waals surface area contributed by atoms with Crippen molar-refractivity contribution in [3.63, 3.8) is 0 Å². The fourth-order valence-electron chi connectivity index (χ4n) is 1.85. The average molecular weight is 277 g/mol. The monoisotopic (exact) mass is 277 g/mol. The Balaban J connectivity index is 1.68. The maximum absolute atomic E-state index is 5.89. The van der Waals surface area contributed by atoms with Crippen molar-refractivity contribution in [1.82, 2.24) is 20.2 Å². The molecule has 1 aromatic carbocycles. The van der Waals surface area contributed by atoms with Crippen LogP contribution in [0.5, 0.6) is 5.75 Å². The Hall–Kier alpha value is -1.76. The lowest BCUT2D eigenvalue weighted by Crippen LogP contribution is -1.99. The van der Waals surface area contributed by atoms with E-state index in [0.717, 1.165) is 16.5 Å². The average Bonchev–Trinajstić information content (AvgIpc) is 3.15. The van der Waals surface area contributed by atoms with Crippen LogP contribution in [0.25, 0.3) is 0 Å². The number of hydrogen-bond donors (Lipinski definition) is 1. The van der Waals surface area contributed by atoms with Gasteiger partial charge in [0.2, 0.25) is 5.16 Å². The molecular formula is C12H15N5OS. The smallest absolute Gasteiger partial charge is 0.209 e. The number of thioether (sulfide) groups is 1. The molecule has 0 amide bonds. The van der Waals surface area contributed by atoms with Crippen LogP contribution in [0.15, 0.2) is 23.4 Å². The molecule has 100 valence electrons. The zero-order valence-electron chi connectivity index (χ0n) is 10.6. The number of aromatic nitrogens is 4. The fourth-order valence-corrected chi connectivity index (χ4v) is 2.74. The van der Waals surface area contributed by atoms with E-state index >= 15 is 0 Å². The number of nitrogens with zero attached hydrogens (tertiary/aromatic N) is 4. The molecule has 2 aromatic rings. The molecule has 7 heteroatoms. The third-order valence-electron chi connectivity index (χ3n) is 3.02. The highest BCUT2D eigenvalue weighted by Gasteiger charge is 2.27. The standard InChI is InChI=1S/C12H15N5OS/c1-18-11-5-2-8(6-10(11)13)7-19-12-14-15-16-17(12)9-3-4-9/h2,5-6,9H,3-4,7,13H2,1H3. The molecule has 3 rings (SSSR count). The Kier molecular flexibility index (Phi) is 3.29. The summed E-state index contributed by atoms with van der Waals surface area (Å²) in [5.41, 5.74) is 7.68. The molecule has 0 spiro atoms. The van der Waals surface area contributed by atoms with E-state index in [1.807, 2.05) is 22.9 Å². The summed E-state index contributed by atoms with van der Waals surface area (Å²) in [5, 5.41) is 12.7. The lowest BCUT2D eigenvalue weighted by molar-refractivity contribution is 0.417. The first-order valence-electron chi connectivity index (χ1n) is 6.11. The van der Waals surface area contributed by atoms with Crippen LogP contribution in [0, 0.1) is 0 Å². The van der Waals surface area contributed by atoms with Gasteiger partial charge in [-0.1, -0.05) is 17.8 Å². The van der Waals surface area contributed by atoms with Gasteiger partial charge in [0.05, 0.1) is 18.8 Å². The number of benzene rings is 1. The highest BCUT2D eigenvalue weighted by molar-refractivity contribution is 7.98. The van der Waals surface area contributed by atoms with E-state index in [9.17, 15) is 0 Å². The number of anilines is 1. The summed E-state index contributed by atoms with van der Waals surface area (Å²) in [7, 11) is 1.61. The molecule has 1 fully saturated rings. The fraction of sp³-hybridized carbons (Fsp3) is 0.417. The van der Waals surface area contributed by atoms with Gasteiger partial charge in [0.25, 0.3) is 0 Å². The minimum atomic E-state index is 0.499. The van der Waals surface area contributed by atoms with E-state index in [-0.39, 0.29) is 0 Å². The van der Waals surface area contributed by atoms with Crippen LogP contribution in [0.3, 0.4) is 0 Å². The largest absolute Gasteiger partial charge is 0.495 e. The molecule has 0 unspecified atom stereocenters. The van der Waals surface area contributed by atoms with Crippen molar-refractivity contribution >= 4 is 17.4 Å². The SMILES string of the molecule is COc1ccc(CSc2nnnn2C2CC2)cc1N. The lowest BCUT2D eigenvalue weighted by Gasteiger charge is -2.07. The molecule has 1 heterocycles. The molecule has 0 bridgehead atoms. The Morgan fingerprint density at radius 1 is 1.47 bits per heavy atom. The van der Waals surface area contributed by atoms with E-state index in [1.54, 1.807) is 18.9 Å². The van der Waals surface area contributed by atoms with Gasteiger partial charge in [0.1, 0.15) is 5.75 Å². The number of methoxy groups -OCH3 is 1. The Morgan fingerprint density at radius 2 is 2.32 bits per heavy atom. The minimum Gasteiger partial charge on any atom is -0.495 e. The van der Waals surface area contributed by atoms with Crippen LogP contribution < -0.4 is 10.5 Å². The molecule has 0 saturated heterocycles. The summed E-state index contributed by atoms with van der Waals surface area (Å²) in [6.45, 7) is 0. The van der Waals surface area contributed by atoms with Crippen LogP contribution in [0.4, 0.5) is 5.69 Å². The first-order valence-corrected chi connectivity index (χ1v) is 7.09. The predicted octanol–water partition coefficient (Wildman–Crippen LogP) is 1.89. The third-order valence-corrected chi connectivity index (χ3v) is 4.02. The van der Waals surface area contributed by atoms with Crippen LogP contribution in [-0.2, 0) is 5.75 Å². The van der Waals surface area contributed by atoms with Crippen molar-refractivity contribution in [2.45, 2.75) is 29.8 Å². The predicted molar refractivity (Wildman–Crippen MR) is 73.1 cm³/mol. The van der Waals surface area contributed by atoms with Crippen LogP contribution in [-0.4, -0.2) is 27.3 Å². The normalized spacial score (nSPS) is 14.6. The van der Waals surface area contributed by atoms with Gasteiger partial charge >= 0.3 is 0 Å². The Bertz CT molecular complexity index is 581. The van der Waals surface area contributed by atoms with E-state index in [4.69, 9.17) is 10.5 Å². The highest BCUT2D eigenvalue weighted by atomic mass is 32.2. The summed E-state index contributed by atoms with van der Waals surface area (Å²) in [4.78, 5) is 0. The van der Waals surface area contributed by atoms with Gasteiger partial charge in [-0.05, 0) is 41.0 Å². The van der Waals surface area contributed by atoms with Gasteiger partial charge in [-0.3, -0.25) is 0 Å². The molecule has 1 aromatic heterocycles. The maximum atomic E-state index is 5.89. The summed E-state index contributed by atoms with van der Waals surface area (Å²) >= 11 is 1.63. The highest BCUT2D eigenvalue weighted by Crippen LogP contribution is 2.37. The molecular weight excluding hydrogens is 262 g/mol. The number of tetrazole rings is 1. The van der Waals surface area contributed by atoms with E-state index in [0.29, 0.717) is 17.5 Å². The van der Waals surface area contributed by atoms with Gasteiger partial charge < -0.3 is 10.5 Å². The molecule has 1 aliphatic rings. The zero-order valence-corrected chi connectivity index (χ0v) is 11.4. The number of nitrogens with two attached hydrogens (primary N) is 1. The molecule has 0 atom stereocenters. The number of ether oxygens (including phenoxy) is 1. The maximum Gasteiger partial charge on any atom is 0.209 e. The van der Waals surface area contributed by atoms with Gasteiger partial charge in [-0.2, -0.15) is 0 Å². The van der Waals surface area contributed by atoms with Crippen molar-refractivity contribution in [2.24, 2.45) is 0 Å². The minimum absolute atomic E-state index is 0.499. The first kappa shape index (κ1) is 12.3. The van der Waals surface area contributed by atoms with Crippen molar-refractivity contribution in [3.8, 4) is 5.75 Å². The van der Waals surface area contributed by atoms with Gasteiger partial charge in [-0.15, -0.1) is 5.10 Å². The van der Waals surface area contributed by atoms with E-state index < -0.39 is 0 Å². The molecule has 2 N–H and O–H groups in total. The van der Waals surface area contributed by atoms with Crippen molar-refractivity contribution in [1.29, 1.82) is 0 Å². The first-order chi connectivity index (χ1) is 9.28. The summed E-state index contributed by atoms with van der Waals surface area (Å²) in [5.74, 6) is 1.50. The van der Waals surface area contributed by atoms with Crippen molar-refractivity contribution in [2.75, 3.05) is 12.8 Å². The molecule has 19 heavy (non-hydrogen) atoms. The molecule has 1 aliphatic carbocycles. The van der Waals surface area contributed by atoms with Gasteiger partial charge in [0, 0.05) is 5.75 Å². The number of hydrogen-bond acceptors (Lipinski definition) is 6. The second kappa shape index (κ2) is 5.08. The van der Waals surface area contributed by atoms with Crippen LogP contribution >= 0.6 is 11.8 Å². The Morgan fingerprint density at radius 3 is 3.00 bits per heavy atom. The molecule has 0 radical (unpaired) electrons. The van der Waals surface area contributed by atoms with Crippen molar-refractivity contribution < 1.29 is 4.74 Å². The second-order valence-corrected chi connectivity index (χ2v) is 5.44.